The first-order chi connectivity index (χ1) is 10.2. The fourth-order valence-corrected chi connectivity index (χ4v) is 2.31. The van der Waals surface area contributed by atoms with Crippen LogP contribution in [0.15, 0.2) is 24.3 Å². The quantitative estimate of drug-likeness (QED) is 0.812. The van der Waals surface area contributed by atoms with Crippen LogP contribution in [-0.4, -0.2) is 28.0 Å². The fourth-order valence-electron chi connectivity index (χ4n) is 2.31. The number of nitrogens with zero attached hydrogens (tertiary/aromatic N) is 3. The molecule has 0 saturated carbocycles. The summed E-state index contributed by atoms with van der Waals surface area (Å²) in [6, 6.07) is 5.67. The van der Waals surface area contributed by atoms with E-state index in [2.05, 4.69) is 9.84 Å². The van der Waals surface area contributed by atoms with E-state index in [-0.39, 0.29) is 12.3 Å². The predicted octanol–water partition coefficient (Wildman–Crippen LogP) is 3.49. The summed E-state index contributed by atoms with van der Waals surface area (Å²) in [5.41, 5.74) is 2.27. The Hall–Kier alpha value is -2.38. The Bertz CT molecular complexity index is 708. The first-order valence-corrected chi connectivity index (χ1v) is 6.47. The molecular weight excluding hydrogens is 299 g/mol. The number of halogens is 3. The molecule has 2 rings (SSSR count). The van der Waals surface area contributed by atoms with Crippen LogP contribution in [0.1, 0.15) is 17.0 Å². The van der Waals surface area contributed by atoms with Crippen molar-refractivity contribution in [2.24, 2.45) is 0 Å². The molecular formula is C14H15F3N3O2+. The lowest BCUT2D eigenvalue weighted by molar-refractivity contribution is -0.429. The van der Waals surface area contributed by atoms with Crippen molar-refractivity contribution >= 4 is 5.69 Å². The lowest BCUT2D eigenvalue weighted by Crippen LogP contribution is -2.17. The third-order valence-electron chi connectivity index (χ3n) is 3.12. The first kappa shape index (κ1) is 16.0. The number of aryl methyl sites for hydroxylation is 1. The maximum Gasteiger partial charge on any atom is 0.573 e. The number of aromatic nitrogens is 2. The molecule has 5 nitrogen and oxygen atoms in total. The van der Waals surface area contributed by atoms with Gasteiger partial charge in [0.1, 0.15) is 17.1 Å². The van der Waals surface area contributed by atoms with E-state index in [0.29, 0.717) is 22.6 Å². The van der Waals surface area contributed by atoms with Gasteiger partial charge in [-0.05, 0) is 31.5 Å². The van der Waals surface area contributed by atoms with Crippen LogP contribution in [0.5, 0.6) is 5.75 Å². The molecule has 8 heteroatoms. The van der Waals surface area contributed by atoms with Gasteiger partial charge >= 0.3 is 6.36 Å². The fraction of sp³-hybridized carbons (Fsp3) is 0.357. The highest BCUT2D eigenvalue weighted by Gasteiger charge is 2.31. The van der Waals surface area contributed by atoms with E-state index >= 15 is 0 Å². The van der Waals surface area contributed by atoms with Gasteiger partial charge in [-0.1, -0.05) is 12.1 Å². The summed E-state index contributed by atoms with van der Waals surface area (Å²) in [6.07, 6.45) is -4.73. The van der Waals surface area contributed by atoms with Crippen LogP contribution < -0.4 is 4.74 Å². The van der Waals surface area contributed by atoms with Gasteiger partial charge in [-0.3, -0.25) is 4.68 Å². The monoisotopic (exact) mass is 314 g/mol. The average molecular weight is 314 g/mol. The molecule has 0 unspecified atom stereocenters. The number of ether oxygens (including phenoxy) is 1. The second-order valence-electron chi connectivity index (χ2n) is 4.87. The van der Waals surface area contributed by atoms with Gasteiger partial charge in [0, 0.05) is 9.67 Å². The lowest BCUT2D eigenvalue weighted by Gasteiger charge is -2.10. The minimum Gasteiger partial charge on any atom is -0.406 e. The van der Waals surface area contributed by atoms with Crippen LogP contribution >= 0.6 is 0 Å². The summed E-state index contributed by atoms with van der Waals surface area (Å²) >= 11 is 0. The van der Waals surface area contributed by atoms with Gasteiger partial charge in [0.15, 0.2) is 7.05 Å². The number of rotatable bonds is 4. The van der Waals surface area contributed by atoms with Crippen LogP contribution in [-0.2, 0) is 6.54 Å². The van der Waals surface area contributed by atoms with Crippen LogP contribution in [0.4, 0.5) is 18.9 Å². The van der Waals surface area contributed by atoms with Gasteiger partial charge in [0.2, 0.25) is 0 Å². The Balaban J connectivity index is 2.27. The zero-order chi connectivity index (χ0) is 16.5. The molecule has 0 aliphatic heterocycles. The van der Waals surface area contributed by atoms with Gasteiger partial charge in [-0.15, -0.1) is 13.2 Å². The van der Waals surface area contributed by atoms with Crippen molar-refractivity contribution in [2.45, 2.75) is 26.8 Å². The molecule has 22 heavy (non-hydrogen) atoms. The molecule has 0 spiro atoms. The maximum atomic E-state index is 12.2. The Kier molecular flexibility index (Phi) is 4.20. The summed E-state index contributed by atoms with van der Waals surface area (Å²) in [7, 11) is 1.37. The molecule has 1 heterocycles. The van der Waals surface area contributed by atoms with Crippen molar-refractivity contribution in [1.29, 1.82) is 0 Å². The second-order valence-corrected chi connectivity index (χ2v) is 4.87. The molecule has 0 fully saturated rings. The number of benzene rings is 1. The third kappa shape index (κ3) is 3.63. The highest BCUT2D eigenvalue weighted by atomic mass is 19.4. The highest BCUT2D eigenvalue weighted by Crippen LogP contribution is 2.25. The zero-order valence-electron chi connectivity index (χ0n) is 12.3. The summed E-state index contributed by atoms with van der Waals surface area (Å²) in [5.74, 6) is -0.285. The molecule has 0 N–H and O–H groups in total. The lowest BCUT2D eigenvalue weighted by atomic mass is 10.2. The third-order valence-corrected chi connectivity index (χ3v) is 3.12. The second kappa shape index (κ2) is 5.78. The van der Waals surface area contributed by atoms with Crippen molar-refractivity contribution in [3.8, 4) is 5.75 Å². The Labute approximate surface area is 124 Å². The number of nitroso groups, excluding NO2 is 1. The van der Waals surface area contributed by atoms with Crippen molar-refractivity contribution < 1.29 is 22.7 Å². The van der Waals surface area contributed by atoms with E-state index < -0.39 is 6.36 Å². The Morgan fingerprint density at radius 3 is 2.55 bits per heavy atom. The largest absolute Gasteiger partial charge is 0.573 e. The summed E-state index contributed by atoms with van der Waals surface area (Å²) in [5, 5.41) is 4.24. The molecule has 1 aromatic carbocycles. The molecule has 118 valence electrons. The molecule has 0 atom stereocenters. The van der Waals surface area contributed by atoms with E-state index in [1.54, 1.807) is 24.6 Å². The molecule has 0 saturated heterocycles. The van der Waals surface area contributed by atoms with E-state index in [1.165, 1.54) is 25.2 Å². The maximum absolute atomic E-state index is 12.2. The SMILES string of the molecule is Cc1nn(Cc2cccc(OC(F)(F)F)c2)c(C)c1[N+](C)=O. The molecule has 0 radical (unpaired) electrons. The van der Waals surface area contributed by atoms with Gasteiger partial charge in [-0.25, -0.2) is 0 Å². The van der Waals surface area contributed by atoms with Crippen LogP contribution in [0.25, 0.3) is 0 Å². The van der Waals surface area contributed by atoms with Crippen LogP contribution in [0.3, 0.4) is 0 Å². The van der Waals surface area contributed by atoms with Crippen LogP contribution in [0, 0.1) is 18.8 Å². The van der Waals surface area contributed by atoms with E-state index in [1.807, 2.05) is 0 Å². The topological polar surface area (TPSA) is 47.1 Å². The Morgan fingerprint density at radius 2 is 2.00 bits per heavy atom. The molecule has 1 aromatic heterocycles. The highest BCUT2D eigenvalue weighted by molar-refractivity contribution is 5.40. The van der Waals surface area contributed by atoms with Gasteiger partial charge in [0.05, 0.1) is 6.54 Å². The smallest absolute Gasteiger partial charge is 0.406 e. The van der Waals surface area contributed by atoms with Crippen LogP contribution in [0.2, 0.25) is 0 Å². The molecule has 0 aliphatic rings. The van der Waals surface area contributed by atoms with Gasteiger partial charge < -0.3 is 4.74 Å². The van der Waals surface area contributed by atoms with Crippen molar-refractivity contribution in [3.05, 3.63) is 46.1 Å². The molecule has 0 bridgehead atoms. The molecule has 0 amide bonds. The Morgan fingerprint density at radius 1 is 1.32 bits per heavy atom. The summed E-state index contributed by atoms with van der Waals surface area (Å²) < 4.78 is 42.9. The predicted molar refractivity (Wildman–Crippen MR) is 73.1 cm³/mol. The molecule has 0 aliphatic carbocycles. The normalized spacial score (nSPS) is 11.5. The average Bonchev–Trinajstić information content (AvgIpc) is 2.62. The minimum atomic E-state index is -4.73. The number of alkyl halides is 3. The number of hydrogen-bond donors (Lipinski definition) is 0. The van der Waals surface area contributed by atoms with Gasteiger partial charge in [0.25, 0.3) is 5.69 Å². The van der Waals surface area contributed by atoms with Crippen molar-refractivity contribution in [3.63, 3.8) is 0 Å². The summed E-state index contributed by atoms with van der Waals surface area (Å²) in [4.78, 5) is 11.5. The number of hydrogen-bond acceptors (Lipinski definition) is 3. The summed E-state index contributed by atoms with van der Waals surface area (Å²) in [6.45, 7) is 3.69. The van der Waals surface area contributed by atoms with E-state index in [4.69, 9.17) is 0 Å². The van der Waals surface area contributed by atoms with Crippen molar-refractivity contribution in [2.75, 3.05) is 7.05 Å². The first-order valence-electron chi connectivity index (χ1n) is 6.47. The van der Waals surface area contributed by atoms with Crippen molar-refractivity contribution in [1.82, 2.24) is 9.78 Å². The standard InChI is InChI=1S/C14H15F3N3O2/c1-9-13(19(3)21)10(2)20(18-9)8-11-5-4-6-12(7-11)22-14(15,16)17/h4-7H,8H2,1-3H3/q+1. The zero-order valence-corrected chi connectivity index (χ0v) is 12.3. The van der Waals surface area contributed by atoms with Gasteiger partial charge in [-0.2, -0.15) is 5.10 Å². The van der Waals surface area contributed by atoms with E-state index in [0.717, 1.165) is 4.76 Å². The minimum absolute atomic E-state index is 0.246. The molecule has 2 aromatic rings. The van der Waals surface area contributed by atoms with E-state index in [9.17, 15) is 18.1 Å².